The molecule has 1 heteroatoms. The Bertz CT molecular complexity index is 85.1. The van der Waals surface area contributed by atoms with Crippen LogP contribution >= 0.6 is 0 Å². The molecular formula is C12H26O. The summed E-state index contributed by atoms with van der Waals surface area (Å²) < 4.78 is 5.21. The van der Waals surface area contributed by atoms with E-state index in [9.17, 15) is 0 Å². The molecule has 0 saturated carbocycles. The summed E-state index contributed by atoms with van der Waals surface area (Å²) in [6.07, 6.45) is 9.51. The maximum absolute atomic E-state index is 5.21. The van der Waals surface area contributed by atoms with Crippen LogP contribution in [0.1, 0.15) is 58.8 Å². The molecule has 0 fully saturated rings. The standard InChI is InChI=1S/C12H26O/c1-4-6-7-8-10-12(9-5-2)11-13-3/h12H,4-11H2,1-3H3/t12-/m1/s1. The molecule has 1 atom stereocenters. The molecule has 1 nitrogen and oxygen atoms in total. The first-order valence-electron chi connectivity index (χ1n) is 5.84. The minimum atomic E-state index is 0.812. The largest absolute Gasteiger partial charge is 0.384 e. The molecule has 0 N–H and O–H groups in total. The molecule has 0 aromatic carbocycles. The van der Waals surface area contributed by atoms with E-state index >= 15 is 0 Å². The van der Waals surface area contributed by atoms with Crippen molar-refractivity contribution >= 4 is 0 Å². The van der Waals surface area contributed by atoms with Gasteiger partial charge in [-0.2, -0.15) is 0 Å². The highest BCUT2D eigenvalue weighted by molar-refractivity contribution is 4.57. The molecule has 0 aromatic rings. The zero-order valence-electron chi connectivity index (χ0n) is 9.64. The second-order valence-electron chi connectivity index (χ2n) is 3.96. The summed E-state index contributed by atoms with van der Waals surface area (Å²) in [6, 6.07) is 0. The number of methoxy groups -OCH3 is 1. The normalized spacial score (nSPS) is 13.2. The number of unbranched alkanes of at least 4 members (excludes halogenated alkanes) is 3. The van der Waals surface area contributed by atoms with Gasteiger partial charge in [0, 0.05) is 13.7 Å². The van der Waals surface area contributed by atoms with Gasteiger partial charge in [0.15, 0.2) is 0 Å². The van der Waals surface area contributed by atoms with Crippen LogP contribution in [0.25, 0.3) is 0 Å². The summed E-state index contributed by atoms with van der Waals surface area (Å²) in [7, 11) is 1.81. The Morgan fingerprint density at radius 1 is 0.923 bits per heavy atom. The molecule has 0 unspecified atom stereocenters. The van der Waals surface area contributed by atoms with Gasteiger partial charge in [0.25, 0.3) is 0 Å². The van der Waals surface area contributed by atoms with Gasteiger partial charge < -0.3 is 4.74 Å². The monoisotopic (exact) mass is 186 g/mol. The Labute approximate surface area is 83.9 Å². The second kappa shape index (κ2) is 10.0. The minimum absolute atomic E-state index is 0.812. The van der Waals surface area contributed by atoms with Crippen LogP contribution in [0.5, 0.6) is 0 Å². The van der Waals surface area contributed by atoms with Crippen LogP contribution in [-0.2, 0) is 4.74 Å². The van der Waals surface area contributed by atoms with Gasteiger partial charge in [-0.25, -0.2) is 0 Å². The van der Waals surface area contributed by atoms with Crippen LogP contribution in [0.4, 0.5) is 0 Å². The molecule has 0 aliphatic rings. The molecule has 0 bridgehead atoms. The smallest absolute Gasteiger partial charge is 0.0490 e. The number of rotatable bonds is 9. The quantitative estimate of drug-likeness (QED) is 0.494. The maximum Gasteiger partial charge on any atom is 0.0490 e. The van der Waals surface area contributed by atoms with Gasteiger partial charge in [0.2, 0.25) is 0 Å². The van der Waals surface area contributed by atoms with Crippen molar-refractivity contribution in [3.63, 3.8) is 0 Å². The Hall–Kier alpha value is -0.0400. The molecule has 0 saturated heterocycles. The molecule has 0 spiro atoms. The fourth-order valence-electron chi connectivity index (χ4n) is 1.81. The fourth-order valence-corrected chi connectivity index (χ4v) is 1.81. The first-order chi connectivity index (χ1) is 6.35. The zero-order valence-corrected chi connectivity index (χ0v) is 9.64. The molecule has 13 heavy (non-hydrogen) atoms. The molecule has 0 heterocycles. The Morgan fingerprint density at radius 2 is 1.69 bits per heavy atom. The fraction of sp³-hybridized carbons (Fsp3) is 1.00. The van der Waals surface area contributed by atoms with Crippen LogP contribution in [0, 0.1) is 5.92 Å². The molecule has 0 aliphatic heterocycles. The van der Waals surface area contributed by atoms with Crippen molar-refractivity contribution in [2.75, 3.05) is 13.7 Å². The molecule has 80 valence electrons. The van der Waals surface area contributed by atoms with E-state index in [4.69, 9.17) is 4.74 Å². The van der Waals surface area contributed by atoms with Crippen molar-refractivity contribution in [2.24, 2.45) is 5.92 Å². The number of hydrogen-bond donors (Lipinski definition) is 0. The third-order valence-corrected chi connectivity index (χ3v) is 2.57. The number of hydrogen-bond acceptors (Lipinski definition) is 1. The van der Waals surface area contributed by atoms with Crippen LogP contribution in [0.3, 0.4) is 0 Å². The average Bonchev–Trinajstić information content (AvgIpc) is 2.13. The third-order valence-electron chi connectivity index (χ3n) is 2.57. The van der Waals surface area contributed by atoms with E-state index in [0.717, 1.165) is 12.5 Å². The van der Waals surface area contributed by atoms with Gasteiger partial charge >= 0.3 is 0 Å². The van der Waals surface area contributed by atoms with Crippen molar-refractivity contribution in [3.8, 4) is 0 Å². The highest BCUT2D eigenvalue weighted by Crippen LogP contribution is 2.16. The molecule has 0 aliphatic carbocycles. The van der Waals surface area contributed by atoms with E-state index in [1.807, 2.05) is 7.11 Å². The van der Waals surface area contributed by atoms with Crippen LogP contribution in [0.2, 0.25) is 0 Å². The highest BCUT2D eigenvalue weighted by Gasteiger charge is 2.06. The van der Waals surface area contributed by atoms with Crippen LogP contribution < -0.4 is 0 Å². The predicted molar refractivity (Wildman–Crippen MR) is 59.0 cm³/mol. The summed E-state index contributed by atoms with van der Waals surface area (Å²) in [5.74, 6) is 0.812. The molecule has 0 rings (SSSR count). The maximum atomic E-state index is 5.21. The summed E-state index contributed by atoms with van der Waals surface area (Å²) in [5, 5.41) is 0. The zero-order chi connectivity index (χ0) is 9.94. The van der Waals surface area contributed by atoms with Crippen molar-refractivity contribution in [1.29, 1.82) is 0 Å². The van der Waals surface area contributed by atoms with Gasteiger partial charge in [0.1, 0.15) is 0 Å². The van der Waals surface area contributed by atoms with Gasteiger partial charge in [-0.1, -0.05) is 46.0 Å². The predicted octanol–water partition coefficient (Wildman–Crippen LogP) is 4.02. The lowest BCUT2D eigenvalue weighted by atomic mass is 9.97. The van der Waals surface area contributed by atoms with Gasteiger partial charge in [-0.05, 0) is 18.8 Å². The summed E-state index contributed by atoms with van der Waals surface area (Å²) in [4.78, 5) is 0. The average molecular weight is 186 g/mol. The first kappa shape index (κ1) is 13.0. The summed E-state index contributed by atoms with van der Waals surface area (Å²) >= 11 is 0. The minimum Gasteiger partial charge on any atom is -0.384 e. The van der Waals surface area contributed by atoms with E-state index in [0.29, 0.717) is 0 Å². The van der Waals surface area contributed by atoms with Crippen molar-refractivity contribution in [3.05, 3.63) is 0 Å². The lowest BCUT2D eigenvalue weighted by molar-refractivity contribution is 0.141. The Balaban J connectivity index is 3.33. The SMILES string of the molecule is CCCCCC[C@@H](CCC)COC. The van der Waals surface area contributed by atoms with Gasteiger partial charge in [0.05, 0.1) is 0 Å². The van der Waals surface area contributed by atoms with E-state index in [1.54, 1.807) is 0 Å². The molecule has 0 amide bonds. The Kier molecular flexibility index (Phi) is 10.0. The summed E-state index contributed by atoms with van der Waals surface area (Å²) in [5.41, 5.74) is 0. The van der Waals surface area contributed by atoms with E-state index in [-0.39, 0.29) is 0 Å². The van der Waals surface area contributed by atoms with Gasteiger partial charge in [-0.3, -0.25) is 0 Å². The van der Waals surface area contributed by atoms with E-state index in [1.165, 1.54) is 44.9 Å². The topological polar surface area (TPSA) is 9.23 Å². The van der Waals surface area contributed by atoms with Crippen molar-refractivity contribution in [1.82, 2.24) is 0 Å². The van der Waals surface area contributed by atoms with Crippen molar-refractivity contribution < 1.29 is 4.74 Å². The Morgan fingerprint density at radius 3 is 2.23 bits per heavy atom. The second-order valence-corrected chi connectivity index (χ2v) is 3.96. The third kappa shape index (κ3) is 8.29. The first-order valence-corrected chi connectivity index (χ1v) is 5.84. The molecular weight excluding hydrogens is 160 g/mol. The number of ether oxygens (including phenoxy) is 1. The lowest BCUT2D eigenvalue weighted by Gasteiger charge is -2.14. The highest BCUT2D eigenvalue weighted by atomic mass is 16.5. The van der Waals surface area contributed by atoms with Crippen LogP contribution in [0.15, 0.2) is 0 Å². The van der Waals surface area contributed by atoms with E-state index < -0.39 is 0 Å². The van der Waals surface area contributed by atoms with Crippen LogP contribution in [-0.4, -0.2) is 13.7 Å². The summed E-state index contributed by atoms with van der Waals surface area (Å²) in [6.45, 7) is 5.48. The lowest BCUT2D eigenvalue weighted by Crippen LogP contribution is -2.07. The molecule has 0 radical (unpaired) electrons. The van der Waals surface area contributed by atoms with E-state index in [2.05, 4.69) is 13.8 Å². The molecule has 0 aromatic heterocycles. The van der Waals surface area contributed by atoms with Crippen molar-refractivity contribution in [2.45, 2.75) is 58.8 Å². The van der Waals surface area contributed by atoms with Gasteiger partial charge in [-0.15, -0.1) is 0 Å².